The Morgan fingerprint density at radius 2 is 0.670 bits per heavy atom. The molecule has 0 bridgehead atoms. The standard InChI is InChI=1S/C80H104Cl4N2O8/c1-9-13-17-21-25-29-33-51(5)47-91-65-39-37-55(41-67(65)93-49-53(7)35-31-27-23-19-15-11-3)85-77(87)57-43-61(81)71-73-63(83)45-59-70-60(46-64(84)74(76(70)73)72-62(82)44-58(78(85)88)69(57)75(71)72)80(90)86(79(59)89)56-38-40-66(92-48-52(6)34-30-26-22-18-14-10-2)68(42-56)94-50-54(8)36-32-28-24-20-16-12-4/h37-46,51-54,77,87H,9-36,47-50H2,1-8H3. The number of hydrogen-bond donors (Lipinski definition) is 1. The molecule has 0 radical (unpaired) electrons. The summed E-state index contributed by atoms with van der Waals surface area (Å²) >= 11 is 30.0. The number of carbonyl (C=O) groups excluding carboxylic acids is 3. The summed E-state index contributed by atoms with van der Waals surface area (Å²) < 4.78 is 26.4. The van der Waals surface area contributed by atoms with E-state index in [-0.39, 0.29) is 48.6 Å². The van der Waals surface area contributed by atoms with Crippen molar-refractivity contribution in [2.45, 2.75) is 241 Å². The van der Waals surface area contributed by atoms with E-state index in [1.54, 1.807) is 54.6 Å². The van der Waals surface area contributed by atoms with E-state index in [4.69, 9.17) is 65.4 Å². The zero-order valence-corrected chi connectivity index (χ0v) is 60.5. The second-order valence-electron chi connectivity index (χ2n) is 27.8. The fourth-order valence-electron chi connectivity index (χ4n) is 14.2. The molecule has 5 atom stereocenters. The zero-order chi connectivity index (χ0) is 67.0. The number of ether oxygens (including phenoxy) is 4. The van der Waals surface area contributed by atoms with Gasteiger partial charge in [-0.15, -0.1) is 0 Å². The van der Waals surface area contributed by atoms with E-state index in [0.717, 1.165) is 56.3 Å². The normalized spacial score (nSPS) is 15.3. The predicted octanol–water partition coefficient (Wildman–Crippen LogP) is 24.9. The van der Waals surface area contributed by atoms with Crippen LogP contribution in [0.1, 0.15) is 278 Å². The SMILES string of the molecule is CCCCCCCCC(C)COc1ccc(N2C(=O)c3cc(Cl)c4c5c(Cl)cc6c7c(cc(Cl)c(c8c(Cl)cc(c3c48)C2=O)c75)C(O)N(c2ccc(OCC(C)CCCCCCCC)c(OCC(C)CCCCCCCC)c2)C6=O)cc1OCC(C)CCCCCCCC. The number of aliphatic hydroxyl groups is 1. The second kappa shape index (κ2) is 35.3. The van der Waals surface area contributed by atoms with E-state index < -0.39 is 23.9 Å². The van der Waals surface area contributed by atoms with Crippen LogP contribution in [-0.2, 0) is 0 Å². The predicted molar refractivity (Wildman–Crippen MR) is 394 cm³/mol. The summed E-state index contributed by atoms with van der Waals surface area (Å²) in [6, 6.07) is 17.1. The minimum absolute atomic E-state index is 0.170. The van der Waals surface area contributed by atoms with E-state index in [0.29, 0.717) is 121 Å². The Hall–Kier alpha value is -5.23. The van der Waals surface area contributed by atoms with Crippen molar-refractivity contribution < 1.29 is 38.4 Å². The molecule has 1 N–H and O–H groups in total. The molecule has 10 nitrogen and oxygen atoms in total. The topological polar surface area (TPSA) is 115 Å². The van der Waals surface area contributed by atoms with Crippen molar-refractivity contribution in [3.63, 3.8) is 0 Å². The van der Waals surface area contributed by atoms with E-state index >= 15 is 14.4 Å². The molecule has 0 aromatic heterocycles. The number of hydrogen-bond acceptors (Lipinski definition) is 8. The lowest BCUT2D eigenvalue weighted by atomic mass is 9.81. The van der Waals surface area contributed by atoms with Crippen molar-refractivity contribution in [2.75, 3.05) is 36.2 Å². The molecular weight excluding hydrogens is 1260 g/mol. The zero-order valence-electron chi connectivity index (χ0n) is 57.5. The molecule has 7 aromatic rings. The highest BCUT2D eigenvalue weighted by atomic mass is 35.5. The first kappa shape index (κ1) is 73.0. The molecule has 9 rings (SSSR count). The molecule has 510 valence electrons. The molecular formula is C80H104Cl4N2O8. The van der Waals surface area contributed by atoms with Crippen LogP contribution in [0.3, 0.4) is 0 Å². The second-order valence-corrected chi connectivity index (χ2v) is 29.4. The molecule has 3 amide bonds. The van der Waals surface area contributed by atoms with Crippen molar-refractivity contribution in [3.8, 4) is 23.0 Å². The molecule has 2 heterocycles. The smallest absolute Gasteiger partial charge is 0.266 e. The van der Waals surface area contributed by atoms with Gasteiger partial charge in [-0.05, 0) is 97.9 Å². The van der Waals surface area contributed by atoms with Crippen LogP contribution >= 0.6 is 46.4 Å². The third-order valence-electron chi connectivity index (χ3n) is 19.7. The molecule has 2 aliphatic heterocycles. The van der Waals surface area contributed by atoms with E-state index in [1.165, 1.54) is 133 Å². The number of fused-ring (bicyclic) bond motifs is 2. The van der Waals surface area contributed by atoms with Gasteiger partial charge in [-0.25, -0.2) is 4.90 Å². The van der Waals surface area contributed by atoms with Gasteiger partial charge in [0.15, 0.2) is 29.2 Å². The van der Waals surface area contributed by atoms with Crippen molar-refractivity contribution in [1.82, 2.24) is 0 Å². The first-order chi connectivity index (χ1) is 45.5. The number of unbranched alkanes of at least 4 members (excludes halogenated alkanes) is 20. The van der Waals surface area contributed by atoms with Crippen LogP contribution in [0.25, 0.3) is 43.1 Å². The minimum Gasteiger partial charge on any atom is -0.489 e. The Bertz CT molecular complexity index is 3620. The minimum atomic E-state index is -1.51. The van der Waals surface area contributed by atoms with Crippen molar-refractivity contribution in [1.29, 1.82) is 0 Å². The van der Waals surface area contributed by atoms with Gasteiger partial charge in [0.2, 0.25) is 0 Å². The van der Waals surface area contributed by atoms with Gasteiger partial charge < -0.3 is 24.1 Å². The molecule has 94 heavy (non-hydrogen) atoms. The number of carbonyl (C=O) groups is 3. The highest BCUT2D eigenvalue weighted by molar-refractivity contribution is 6.56. The van der Waals surface area contributed by atoms with Gasteiger partial charge in [0.1, 0.15) is 0 Å². The van der Waals surface area contributed by atoms with Gasteiger partial charge in [-0.1, -0.05) is 256 Å². The Morgan fingerprint density at radius 1 is 0.362 bits per heavy atom. The van der Waals surface area contributed by atoms with Crippen LogP contribution in [0.5, 0.6) is 23.0 Å². The van der Waals surface area contributed by atoms with Crippen LogP contribution in [0.2, 0.25) is 20.1 Å². The summed E-state index contributed by atoms with van der Waals surface area (Å²) in [4.78, 5) is 48.4. The van der Waals surface area contributed by atoms with Crippen LogP contribution < -0.4 is 28.7 Å². The highest BCUT2D eigenvalue weighted by Gasteiger charge is 2.41. The summed E-state index contributed by atoms with van der Waals surface area (Å²) in [5.41, 5.74) is 1.69. The van der Waals surface area contributed by atoms with E-state index in [9.17, 15) is 5.11 Å². The third-order valence-corrected chi connectivity index (χ3v) is 20.9. The molecule has 7 aromatic carbocycles. The average Bonchev–Trinajstić information content (AvgIpc) is 0.677. The van der Waals surface area contributed by atoms with Crippen LogP contribution in [0.4, 0.5) is 11.4 Å². The molecule has 14 heteroatoms. The summed E-state index contributed by atoms with van der Waals surface area (Å²) in [5.74, 6) is 1.59. The maximum absolute atomic E-state index is 15.3. The first-order valence-corrected chi connectivity index (χ1v) is 37.7. The number of nitrogens with zero attached hydrogens (tertiary/aromatic N) is 2. The van der Waals surface area contributed by atoms with Gasteiger partial charge in [-0.2, -0.15) is 0 Å². The number of benzene rings is 7. The molecule has 0 aliphatic carbocycles. The van der Waals surface area contributed by atoms with Crippen molar-refractivity contribution >= 4 is 119 Å². The van der Waals surface area contributed by atoms with Gasteiger partial charge in [-0.3, -0.25) is 19.3 Å². The van der Waals surface area contributed by atoms with Crippen molar-refractivity contribution in [3.05, 3.63) is 103 Å². The number of rotatable bonds is 42. The Morgan fingerprint density at radius 3 is 1.05 bits per heavy atom. The van der Waals surface area contributed by atoms with Crippen molar-refractivity contribution in [2.24, 2.45) is 23.7 Å². The molecule has 0 saturated carbocycles. The lowest BCUT2D eigenvalue weighted by Gasteiger charge is -2.35. The Labute approximate surface area is 580 Å². The highest BCUT2D eigenvalue weighted by Crippen LogP contribution is 2.56. The number of anilines is 2. The Kier molecular flexibility index (Phi) is 27.4. The lowest BCUT2D eigenvalue weighted by molar-refractivity contribution is 0.0871. The molecule has 0 saturated heterocycles. The number of halogens is 4. The van der Waals surface area contributed by atoms with Gasteiger partial charge in [0, 0.05) is 86.4 Å². The fourth-order valence-corrected chi connectivity index (χ4v) is 15.4. The summed E-state index contributed by atoms with van der Waals surface area (Å²) in [6.45, 7) is 19.7. The van der Waals surface area contributed by atoms with Crippen LogP contribution in [0, 0.1) is 23.7 Å². The molecule has 2 aliphatic rings. The van der Waals surface area contributed by atoms with Gasteiger partial charge >= 0.3 is 0 Å². The monoisotopic (exact) mass is 1360 g/mol. The fraction of sp³-hybridized carbons (Fsp3) is 0.562. The van der Waals surface area contributed by atoms with Crippen LogP contribution in [-0.4, -0.2) is 49.3 Å². The van der Waals surface area contributed by atoms with E-state index in [2.05, 4.69) is 55.4 Å². The summed E-state index contributed by atoms with van der Waals surface area (Å²) in [5, 5.41) is 16.9. The Balaban J connectivity index is 1.03. The lowest BCUT2D eigenvalue weighted by Crippen LogP contribution is -2.40. The average molecular weight is 1360 g/mol. The summed E-state index contributed by atoms with van der Waals surface area (Å²) in [7, 11) is 0. The molecule has 5 unspecified atom stereocenters. The summed E-state index contributed by atoms with van der Waals surface area (Å²) in [6.07, 6.45) is 32.0. The number of amides is 3. The largest absolute Gasteiger partial charge is 0.489 e. The van der Waals surface area contributed by atoms with Gasteiger partial charge in [0.05, 0.1) is 48.9 Å². The maximum atomic E-state index is 15.3. The van der Waals surface area contributed by atoms with Crippen LogP contribution in [0.15, 0.2) is 60.7 Å². The quantitative estimate of drug-likeness (QED) is 0.0174. The van der Waals surface area contributed by atoms with Gasteiger partial charge in [0.25, 0.3) is 17.7 Å². The maximum Gasteiger partial charge on any atom is 0.266 e. The first-order valence-electron chi connectivity index (χ1n) is 36.2. The number of imide groups is 1. The van der Waals surface area contributed by atoms with E-state index in [1.807, 2.05) is 6.07 Å². The molecule has 0 spiro atoms. The number of aliphatic hydroxyl groups excluding tert-OH is 1. The third kappa shape index (κ3) is 17.2. The molecule has 0 fully saturated rings.